The van der Waals surface area contributed by atoms with E-state index in [1.54, 1.807) is 13.0 Å². The molecule has 1 aromatic heterocycles. The largest absolute Gasteiger partial charge is 0.451 e. The molecule has 0 aliphatic heterocycles. The monoisotopic (exact) mass is 309 g/mol. The molecule has 1 unspecified atom stereocenters. The fourth-order valence-electron chi connectivity index (χ4n) is 2.20. The first kappa shape index (κ1) is 15.6. The summed E-state index contributed by atoms with van der Waals surface area (Å²) in [5.74, 6) is -0.315. The third-order valence-corrected chi connectivity index (χ3v) is 4.39. The highest BCUT2D eigenvalue weighted by Crippen LogP contribution is 2.23. The van der Waals surface area contributed by atoms with Gasteiger partial charge in [-0.25, -0.2) is 8.42 Å². The van der Waals surface area contributed by atoms with Crippen molar-refractivity contribution in [1.29, 1.82) is 0 Å². The van der Waals surface area contributed by atoms with Crippen LogP contribution in [0.15, 0.2) is 22.6 Å². The molecule has 0 aliphatic rings. The number of fused-ring (bicyclic) bond motifs is 1. The van der Waals surface area contributed by atoms with E-state index in [1.165, 1.54) is 0 Å². The fourth-order valence-corrected chi connectivity index (χ4v) is 3.20. The molecule has 6 heteroatoms. The lowest BCUT2D eigenvalue weighted by Gasteiger charge is -2.11. The number of hydrogen-bond donors (Lipinski definition) is 1. The molecule has 1 atom stereocenters. The summed E-state index contributed by atoms with van der Waals surface area (Å²) in [6.07, 6.45) is 1.14. The molecule has 2 aromatic rings. The highest BCUT2D eigenvalue weighted by molar-refractivity contribution is 7.90. The third kappa shape index (κ3) is 3.85. The molecule has 1 aromatic carbocycles. The van der Waals surface area contributed by atoms with Gasteiger partial charge >= 0.3 is 0 Å². The maximum absolute atomic E-state index is 12.1. The minimum absolute atomic E-state index is 0.100. The Hall–Kier alpha value is -1.82. The van der Waals surface area contributed by atoms with Crippen molar-refractivity contribution in [3.8, 4) is 0 Å². The molecule has 0 saturated heterocycles. The molecule has 1 amide bonds. The van der Waals surface area contributed by atoms with Crippen LogP contribution in [0.1, 0.15) is 28.6 Å². The van der Waals surface area contributed by atoms with E-state index < -0.39 is 21.8 Å². The van der Waals surface area contributed by atoms with Crippen LogP contribution in [0.3, 0.4) is 0 Å². The molecule has 5 nitrogen and oxygen atoms in total. The van der Waals surface area contributed by atoms with E-state index in [0.717, 1.165) is 22.8 Å². The van der Waals surface area contributed by atoms with Gasteiger partial charge in [0.2, 0.25) is 0 Å². The Morgan fingerprint density at radius 3 is 2.48 bits per heavy atom. The summed E-state index contributed by atoms with van der Waals surface area (Å²) in [4.78, 5) is 12.1. The third-order valence-electron chi connectivity index (χ3n) is 3.29. The van der Waals surface area contributed by atoms with Gasteiger partial charge in [-0.2, -0.15) is 0 Å². The summed E-state index contributed by atoms with van der Waals surface area (Å²) in [5, 5.41) is 3.49. The average Bonchev–Trinajstić information content (AvgIpc) is 2.70. The standard InChI is InChI=1S/C15H19NO4S/c1-9-5-12-7-14(20-13(12)6-10(9)2)15(17)16-11(3)8-21(4,18)19/h5-7,11H,8H2,1-4H3,(H,16,17). The maximum Gasteiger partial charge on any atom is 0.287 e. The number of carbonyl (C=O) groups is 1. The number of benzene rings is 1. The van der Waals surface area contributed by atoms with E-state index in [9.17, 15) is 13.2 Å². The minimum Gasteiger partial charge on any atom is -0.451 e. The lowest BCUT2D eigenvalue weighted by Crippen LogP contribution is -2.37. The lowest BCUT2D eigenvalue weighted by atomic mass is 10.1. The Labute approximate surface area is 124 Å². The van der Waals surface area contributed by atoms with Crippen molar-refractivity contribution in [2.45, 2.75) is 26.8 Å². The Kier molecular flexibility index (Phi) is 4.09. The maximum atomic E-state index is 12.1. The molecular formula is C15H19NO4S. The summed E-state index contributed by atoms with van der Waals surface area (Å²) in [5.41, 5.74) is 2.87. The Morgan fingerprint density at radius 2 is 1.86 bits per heavy atom. The van der Waals surface area contributed by atoms with Crippen molar-refractivity contribution in [3.05, 3.63) is 35.1 Å². The Balaban J connectivity index is 2.20. The van der Waals surface area contributed by atoms with Gasteiger partial charge in [0.25, 0.3) is 5.91 Å². The highest BCUT2D eigenvalue weighted by atomic mass is 32.2. The number of nitrogens with one attached hydrogen (secondary N) is 1. The van der Waals surface area contributed by atoms with Gasteiger partial charge in [0.05, 0.1) is 5.75 Å². The average molecular weight is 309 g/mol. The molecular weight excluding hydrogens is 290 g/mol. The second kappa shape index (κ2) is 5.52. The van der Waals surface area contributed by atoms with Gasteiger partial charge < -0.3 is 9.73 Å². The summed E-state index contributed by atoms with van der Waals surface area (Å²) >= 11 is 0. The molecule has 2 rings (SSSR count). The normalized spacial score (nSPS) is 13.3. The van der Waals surface area contributed by atoms with Crippen LogP contribution in [0.25, 0.3) is 11.0 Å². The van der Waals surface area contributed by atoms with Crippen molar-refractivity contribution in [2.75, 3.05) is 12.0 Å². The number of aryl methyl sites for hydroxylation is 2. The second-order valence-electron chi connectivity index (χ2n) is 5.55. The van der Waals surface area contributed by atoms with Gasteiger partial charge in [0, 0.05) is 17.7 Å². The van der Waals surface area contributed by atoms with Crippen LogP contribution in [0, 0.1) is 13.8 Å². The molecule has 0 saturated carbocycles. The summed E-state index contributed by atoms with van der Waals surface area (Å²) in [7, 11) is -3.13. The van der Waals surface area contributed by atoms with E-state index in [1.807, 2.05) is 26.0 Å². The Morgan fingerprint density at radius 1 is 1.24 bits per heavy atom. The molecule has 0 radical (unpaired) electrons. The van der Waals surface area contributed by atoms with Gasteiger partial charge in [-0.05, 0) is 50.1 Å². The zero-order valence-electron chi connectivity index (χ0n) is 12.6. The zero-order valence-corrected chi connectivity index (χ0v) is 13.4. The van der Waals surface area contributed by atoms with Crippen LogP contribution in [0.2, 0.25) is 0 Å². The first-order chi connectivity index (χ1) is 9.65. The minimum atomic E-state index is -3.13. The number of sulfone groups is 1. The summed E-state index contributed by atoms with van der Waals surface area (Å²) in [6, 6.07) is 5.06. The molecule has 0 bridgehead atoms. The van der Waals surface area contributed by atoms with Crippen LogP contribution < -0.4 is 5.32 Å². The van der Waals surface area contributed by atoms with Gasteiger partial charge in [0.15, 0.2) is 5.76 Å². The molecule has 1 heterocycles. The number of hydrogen-bond acceptors (Lipinski definition) is 4. The molecule has 114 valence electrons. The number of rotatable bonds is 4. The van der Waals surface area contributed by atoms with Crippen molar-refractivity contribution in [2.24, 2.45) is 0 Å². The van der Waals surface area contributed by atoms with Crippen molar-refractivity contribution in [1.82, 2.24) is 5.32 Å². The first-order valence-electron chi connectivity index (χ1n) is 6.65. The van der Waals surface area contributed by atoms with E-state index in [0.29, 0.717) is 5.58 Å². The van der Waals surface area contributed by atoms with E-state index in [-0.39, 0.29) is 11.5 Å². The van der Waals surface area contributed by atoms with Crippen LogP contribution in [0.4, 0.5) is 0 Å². The molecule has 0 fully saturated rings. The van der Waals surface area contributed by atoms with E-state index >= 15 is 0 Å². The molecule has 21 heavy (non-hydrogen) atoms. The second-order valence-corrected chi connectivity index (χ2v) is 7.74. The van der Waals surface area contributed by atoms with Crippen LogP contribution in [-0.4, -0.2) is 32.4 Å². The fraction of sp³-hybridized carbons (Fsp3) is 0.400. The zero-order chi connectivity index (χ0) is 15.8. The summed E-state index contributed by atoms with van der Waals surface area (Å²) in [6.45, 7) is 5.62. The highest BCUT2D eigenvalue weighted by Gasteiger charge is 2.17. The van der Waals surface area contributed by atoms with Crippen LogP contribution in [-0.2, 0) is 9.84 Å². The summed E-state index contributed by atoms with van der Waals surface area (Å²) < 4.78 is 27.9. The number of carbonyl (C=O) groups excluding carboxylic acids is 1. The van der Waals surface area contributed by atoms with Crippen LogP contribution >= 0.6 is 0 Å². The van der Waals surface area contributed by atoms with E-state index in [2.05, 4.69) is 5.32 Å². The van der Waals surface area contributed by atoms with Crippen molar-refractivity contribution < 1.29 is 17.6 Å². The Bertz CT molecular complexity index is 750. The number of furan rings is 1. The molecule has 0 spiro atoms. The first-order valence-corrected chi connectivity index (χ1v) is 8.71. The number of amides is 1. The molecule has 0 aliphatic carbocycles. The predicted molar refractivity (Wildman–Crippen MR) is 82.3 cm³/mol. The SMILES string of the molecule is Cc1cc2cc(C(=O)NC(C)CS(C)(=O)=O)oc2cc1C. The lowest BCUT2D eigenvalue weighted by molar-refractivity contribution is 0.0918. The topological polar surface area (TPSA) is 76.4 Å². The van der Waals surface area contributed by atoms with Crippen molar-refractivity contribution >= 4 is 26.7 Å². The van der Waals surface area contributed by atoms with E-state index in [4.69, 9.17) is 4.42 Å². The molecule has 1 N–H and O–H groups in total. The van der Waals surface area contributed by atoms with Gasteiger partial charge in [-0.3, -0.25) is 4.79 Å². The van der Waals surface area contributed by atoms with Gasteiger partial charge in [-0.15, -0.1) is 0 Å². The smallest absolute Gasteiger partial charge is 0.287 e. The van der Waals surface area contributed by atoms with Crippen LogP contribution in [0.5, 0.6) is 0 Å². The van der Waals surface area contributed by atoms with Gasteiger partial charge in [0.1, 0.15) is 15.4 Å². The quantitative estimate of drug-likeness (QED) is 0.939. The van der Waals surface area contributed by atoms with Crippen molar-refractivity contribution in [3.63, 3.8) is 0 Å². The van der Waals surface area contributed by atoms with Gasteiger partial charge in [-0.1, -0.05) is 0 Å². The predicted octanol–water partition coefficient (Wildman–Crippen LogP) is 2.21.